The van der Waals surface area contributed by atoms with Crippen LogP contribution in [0, 0.1) is 0 Å². The molecule has 8 heteroatoms. The molecule has 4 nitrogen and oxygen atoms in total. The Morgan fingerprint density at radius 2 is 2.10 bits per heavy atom. The lowest BCUT2D eigenvalue weighted by molar-refractivity contribution is -0.145. The quantitative estimate of drug-likeness (QED) is 0.835. The number of carbonyl (C=O) groups excluding carboxylic acids is 1. The topological polar surface area (TPSA) is 51.2 Å². The summed E-state index contributed by atoms with van der Waals surface area (Å²) in [7, 11) is 1.24. The average Bonchev–Trinajstić information content (AvgIpc) is 2.39. The van der Waals surface area contributed by atoms with Crippen LogP contribution in [0.3, 0.4) is 0 Å². The van der Waals surface area contributed by atoms with E-state index in [4.69, 9.17) is 16.3 Å². The molecule has 0 spiro atoms. The smallest absolute Gasteiger partial charge is 0.417 e. The molecule has 0 aliphatic heterocycles. The molecule has 1 atom stereocenters. The van der Waals surface area contributed by atoms with E-state index in [1.165, 1.54) is 7.11 Å². The molecule has 1 N–H and O–H groups in total. The number of esters is 1. The van der Waals surface area contributed by atoms with Gasteiger partial charge < -0.3 is 10.1 Å². The van der Waals surface area contributed by atoms with Crippen molar-refractivity contribution in [3.63, 3.8) is 0 Å². The van der Waals surface area contributed by atoms with Crippen LogP contribution in [0.5, 0.6) is 0 Å². The third-order valence-corrected chi connectivity index (χ3v) is 3.24. The number of nitrogens with one attached hydrogen (secondary N) is 1. The van der Waals surface area contributed by atoms with E-state index in [1.807, 2.05) is 6.92 Å². The van der Waals surface area contributed by atoms with Crippen molar-refractivity contribution >= 4 is 23.4 Å². The van der Waals surface area contributed by atoms with Crippen molar-refractivity contribution in [1.29, 1.82) is 0 Å². The fourth-order valence-electron chi connectivity index (χ4n) is 1.89. The van der Waals surface area contributed by atoms with Crippen molar-refractivity contribution in [2.75, 3.05) is 12.4 Å². The number of pyridine rings is 1. The lowest BCUT2D eigenvalue weighted by Gasteiger charge is -2.28. The first-order chi connectivity index (χ1) is 9.64. The fourth-order valence-corrected chi connectivity index (χ4v) is 2.10. The molecular weight excluding hydrogens is 309 g/mol. The van der Waals surface area contributed by atoms with E-state index in [-0.39, 0.29) is 10.8 Å². The first kappa shape index (κ1) is 17.6. The van der Waals surface area contributed by atoms with Crippen LogP contribution in [0.25, 0.3) is 0 Å². The van der Waals surface area contributed by atoms with Gasteiger partial charge in [0.1, 0.15) is 11.4 Å². The van der Waals surface area contributed by atoms with Gasteiger partial charge in [0.05, 0.1) is 17.7 Å². The Hall–Kier alpha value is -1.50. The monoisotopic (exact) mass is 324 g/mol. The van der Waals surface area contributed by atoms with Crippen molar-refractivity contribution in [1.82, 2.24) is 4.98 Å². The number of aromatic nitrogens is 1. The Kier molecular flexibility index (Phi) is 5.44. The molecule has 0 saturated heterocycles. The fraction of sp³-hybridized carbons (Fsp3) is 0.538. The Balaban J connectivity index is 3.08. The minimum absolute atomic E-state index is 0.00557. The maximum Gasteiger partial charge on any atom is 0.417 e. The Labute approximate surface area is 125 Å². The normalized spacial score (nSPS) is 14.4. The lowest BCUT2D eigenvalue weighted by atomic mass is 9.96. The van der Waals surface area contributed by atoms with Crippen molar-refractivity contribution in [2.45, 2.75) is 38.4 Å². The van der Waals surface area contributed by atoms with Gasteiger partial charge in [-0.25, -0.2) is 9.78 Å². The molecule has 0 aliphatic carbocycles. The number of ether oxygens (including phenoxy) is 1. The molecule has 0 aliphatic rings. The van der Waals surface area contributed by atoms with E-state index < -0.39 is 23.2 Å². The van der Waals surface area contributed by atoms with E-state index in [0.29, 0.717) is 19.0 Å². The second-order valence-electron chi connectivity index (χ2n) is 4.75. The van der Waals surface area contributed by atoms with Crippen LogP contribution < -0.4 is 5.32 Å². The van der Waals surface area contributed by atoms with Crippen LogP contribution in [0.4, 0.5) is 19.0 Å². The van der Waals surface area contributed by atoms with E-state index in [0.717, 1.165) is 6.07 Å². The van der Waals surface area contributed by atoms with Gasteiger partial charge in [-0.05, 0) is 19.4 Å². The largest absolute Gasteiger partial charge is 0.467 e. The van der Waals surface area contributed by atoms with Gasteiger partial charge in [-0.2, -0.15) is 13.2 Å². The van der Waals surface area contributed by atoms with Crippen LogP contribution in [0.2, 0.25) is 5.02 Å². The van der Waals surface area contributed by atoms with E-state index >= 15 is 0 Å². The molecule has 0 radical (unpaired) electrons. The molecule has 118 valence electrons. The maximum atomic E-state index is 12.5. The Morgan fingerprint density at radius 1 is 1.48 bits per heavy atom. The van der Waals surface area contributed by atoms with Gasteiger partial charge in [0.2, 0.25) is 0 Å². The van der Waals surface area contributed by atoms with Gasteiger partial charge in [0, 0.05) is 6.20 Å². The van der Waals surface area contributed by atoms with E-state index in [1.54, 1.807) is 6.92 Å². The summed E-state index contributed by atoms with van der Waals surface area (Å²) in [6, 6.07) is 0.764. The molecule has 21 heavy (non-hydrogen) atoms. The number of alkyl halides is 3. The van der Waals surface area contributed by atoms with Crippen LogP contribution in [-0.2, 0) is 15.7 Å². The summed E-state index contributed by atoms with van der Waals surface area (Å²) in [5, 5.41) is 2.56. The van der Waals surface area contributed by atoms with Crippen molar-refractivity contribution < 1.29 is 22.7 Å². The van der Waals surface area contributed by atoms with E-state index in [2.05, 4.69) is 10.3 Å². The van der Waals surface area contributed by atoms with E-state index in [9.17, 15) is 18.0 Å². The highest BCUT2D eigenvalue weighted by molar-refractivity contribution is 6.33. The summed E-state index contributed by atoms with van der Waals surface area (Å²) in [4.78, 5) is 15.5. The van der Waals surface area contributed by atoms with Crippen molar-refractivity contribution in [2.24, 2.45) is 0 Å². The van der Waals surface area contributed by atoms with Crippen LogP contribution in [-0.4, -0.2) is 23.6 Å². The molecule has 0 amide bonds. The summed E-state index contributed by atoms with van der Waals surface area (Å²) >= 11 is 5.81. The molecule has 1 aromatic rings. The maximum absolute atomic E-state index is 12.5. The summed E-state index contributed by atoms with van der Waals surface area (Å²) in [6.45, 7) is 3.45. The highest BCUT2D eigenvalue weighted by Crippen LogP contribution is 2.33. The van der Waals surface area contributed by atoms with Crippen LogP contribution in [0.1, 0.15) is 32.3 Å². The number of methoxy groups -OCH3 is 1. The predicted octanol–water partition coefficient (Wildman–Crippen LogP) is 3.90. The number of anilines is 1. The number of hydrogen-bond acceptors (Lipinski definition) is 4. The minimum atomic E-state index is -4.52. The minimum Gasteiger partial charge on any atom is -0.467 e. The number of halogens is 4. The molecule has 0 bridgehead atoms. The van der Waals surface area contributed by atoms with Gasteiger partial charge >= 0.3 is 12.1 Å². The standard InChI is InChI=1S/C13H16ClF3N2O2/c1-4-5-12(2,11(20)21-3)19-10-9(14)6-8(7-18-10)13(15,16)17/h6-7H,4-5H2,1-3H3,(H,18,19). The zero-order valence-electron chi connectivity index (χ0n) is 11.8. The molecule has 0 saturated carbocycles. The zero-order valence-corrected chi connectivity index (χ0v) is 12.6. The number of carbonyl (C=O) groups is 1. The van der Waals surface area contributed by atoms with Crippen LogP contribution >= 0.6 is 11.6 Å². The van der Waals surface area contributed by atoms with Crippen LogP contribution in [0.15, 0.2) is 12.3 Å². The number of rotatable bonds is 5. The average molecular weight is 325 g/mol. The van der Waals surface area contributed by atoms with Gasteiger partial charge in [-0.15, -0.1) is 0 Å². The predicted molar refractivity (Wildman–Crippen MR) is 73.2 cm³/mol. The van der Waals surface area contributed by atoms with Gasteiger partial charge in [0.15, 0.2) is 0 Å². The second kappa shape index (κ2) is 6.51. The Morgan fingerprint density at radius 3 is 2.52 bits per heavy atom. The zero-order chi connectivity index (χ0) is 16.3. The second-order valence-corrected chi connectivity index (χ2v) is 5.16. The third-order valence-electron chi connectivity index (χ3n) is 2.95. The summed E-state index contributed by atoms with van der Waals surface area (Å²) in [5.41, 5.74) is -2.06. The molecule has 0 aromatic carbocycles. The first-order valence-electron chi connectivity index (χ1n) is 6.23. The third kappa shape index (κ3) is 4.23. The first-order valence-corrected chi connectivity index (χ1v) is 6.61. The Bertz CT molecular complexity index is 523. The van der Waals surface area contributed by atoms with Gasteiger partial charge in [-0.3, -0.25) is 0 Å². The molecule has 1 aromatic heterocycles. The SMILES string of the molecule is CCCC(C)(Nc1ncc(C(F)(F)F)cc1Cl)C(=O)OC. The van der Waals surface area contributed by atoms with Gasteiger partial charge in [-0.1, -0.05) is 24.9 Å². The molecule has 1 heterocycles. The molecule has 1 unspecified atom stereocenters. The number of nitrogens with zero attached hydrogens (tertiary/aromatic N) is 1. The summed E-state index contributed by atoms with van der Waals surface area (Å²) in [5.74, 6) is -0.534. The summed E-state index contributed by atoms with van der Waals surface area (Å²) in [6.07, 6.45) is -2.78. The molecular formula is C13H16ClF3N2O2. The van der Waals surface area contributed by atoms with Crippen molar-refractivity contribution in [3.8, 4) is 0 Å². The van der Waals surface area contributed by atoms with Gasteiger partial charge in [0.25, 0.3) is 0 Å². The highest BCUT2D eigenvalue weighted by atomic mass is 35.5. The summed E-state index contributed by atoms with van der Waals surface area (Å²) < 4.78 is 42.3. The van der Waals surface area contributed by atoms with Crippen molar-refractivity contribution in [3.05, 3.63) is 22.8 Å². The lowest BCUT2D eigenvalue weighted by Crippen LogP contribution is -2.44. The molecule has 1 rings (SSSR count). The number of hydrogen-bond donors (Lipinski definition) is 1. The molecule has 0 fully saturated rings. The highest BCUT2D eigenvalue weighted by Gasteiger charge is 2.36.